The molecule has 0 bridgehead atoms. The first-order valence-electron chi connectivity index (χ1n) is 11.4. The molecule has 0 saturated carbocycles. The summed E-state index contributed by atoms with van der Waals surface area (Å²) in [6.45, 7) is 4.24. The predicted octanol–water partition coefficient (Wildman–Crippen LogP) is 2.09. The van der Waals surface area contributed by atoms with E-state index in [-0.39, 0.29) is 47.3 Å². The Morgan fingerprint density at radius 2 is 1.76 bits per heavy atom. The third kappa shape index (κ3) is 6.42. The molecule has 1 aliphatic rings. The molecule has 1 aromatic heterocycles. The number of nitrogens with two attached hydrogens (primary N) is 1. The summed E-state index contributed by atoms with van der Waals surface area (Å²) in [6, 6.07) is 19.8. The van der Waals surface area contributed by atoms with Gasteiger partial charge in [-0.15, -0.1) is 10.2 Å². The van der Waals surface area contributed by atoms with Crippen LogP contribution in [0.25, 0.3) is 22.0 Å². The first kappa shape index (κ1) is 27.3. The van der Waals surface area contributed by atoms with Crippen LogP contribution in [0.3, 0.4) is 0 Å². The van der Waals surface area contributed by atoms with Crippen LogP contribution in [0.2, 0.25) is 0 Å². The van der Waals surface area contributed by atoms with Crippen LogP contribution in [0, 0.1) is 0 Å². The molecule has 5 rings (SSSR count). The van der Waals surface area contributed by atoms with E-state index in [1.807, 2.05) is 18.2 Å². The molecule has 0 amide bonds. The summed E-state index contributed by atoms with van der Waals surface area (Å²) in [7, 11) is -4.48. The predicted molar refractivity (Wildman–Crippen MR) is 139 cm³/mol. The largest absolute Gasteiger partial charge is 1.00 e. The second-order valence-electron chi connectivity index (χ2n) is 8.52. The molecule has 4 aromatic rings. The fourth-order valence-electron chi connectivity index (χ4n) is 4.22. The third-order valence-corrected chi connectivity index (χ3v) is 6.95. The van der Waals surface area contributed by atoms with Crippen LogP contribution in [-0.2, 0) is 21.4 Å². The summed E-state index contributed by atoms with van der Waals surface area (Å²) in [6.07, 6.45) is 1.59. The van der Waals surface area contributed by atoms with Gasteiger partial charge in [0.2, 0.25) is 0 Å². The molecule has 2 heterocycles. The maximum absolute atomic E-state index is 11.9. The molecule has 9 nitrogen and oxygen atoms in total. The van der Waals surface area contributed by atoms with Crippen LogP contribution >= 0.6 is 0 Å². The Morgan fingerprint density at radius 1 is 1.00 bits per heavy atom. The van der Waals surface area contributed by atoms with Crippen molar-refractivity contribution in [1.82, 2.24) is 9.88 Å². The van der Waals surface area contributed by atoms with Crippen LogP contribution in [0.5, 0.6) is 0 Å². The molecular weight excluding hydrogens is 501 g/mol. The molecule has 37 heavy (non-hydrogen) atoms. The number of ether oxygens (including phenoxy) is 1. The summed E-state index contributed by atoms with van der Waals surface area (Å²) in [5.74, 6) is 0. The average Bonchev–Trinajstić information content (AvgIpc) is 2.89. The van der Waals surface area contributed by atoms with Gasteiger partial charge in [-0.3, -0.25) is 14.4 Å². The maximum Gasteiger partial charge on any atom is 1.00 e. The second kappa shape index (κ2) is 11.8. The number of rotatable bonds is 6. The number of hydrogen-bond acceptors (Lipinski definition) is 8. The Bertz CT molecular complexity index is 1550. The zero-order chi connectivity index (χ0) is 25.1. The molecule has 11 heteroatoms. The van der Waals surface area contributed by atoms with Gasteiger partial charge in [-0.05, 0) is 29.8 Å². The smallest absolute Gasteiger partial charge is 1.00 e. The Labute approximate surface area is 238 Å². The van der Waals surface area contributed by atoms with Crippen molar-refractivity contribution in [2.45, 2.75) is 11.4 Å². The molecule has 0 radical (unpaired) electrons. The van der Waals surface area contributed by atoms with Crippen molar-refractivity contribution in [2.75, 3.05) is 32.0 Å². The van der Waals surface area contributed by atoms with Crippen molar-refractivity contribution in [1.29, 1.82) is 0 Å². The number of benzene rings is 3. The van der Waals surface area contributed by atoms with Gasteiger partial charge < -0.3 is 11.9 Å². The van der Waals surface area contributed by atoms with Gasteiger partial charge in [-0.2, -0.15) is 8.42 Å². The number of morpholine rings is 1. The maximum atomic E-state index is 11.9. The second-order valence-corrected chi connectivity index (χ2v) is 9.91. The van der Waals surface area contributed by atoms with Gasteiger partial charge in [0, 0.05) is 36.0 Å². The van der Waals surface area contributed by atoms with Gasteiger partial charge in [0.15, 0.2) is 0 Å². The van der Waals surface area contributed by atoms with Crippen molar-refractivity contribution in [2.24, 2.45) is 10.2 Å². The number of nitrogens with zero attached hydrogens (tertiary/aromatic N) is 4. The topological polar surface area (TPSA) is 130 Å². The minimum absolute atomic E-state index is 0. The van der Waals surface area contributed by atoms with Crippen LogP contribution in [0.15, 0.2) is 88.1 Å². The number of nitrogen functional groups attached to an aromatic ring is 1. The number of azo groups is 1. The van der Waals surface area contributed by atoms with Gasteiger partial charge in [-0.1, -0.05) is 42.5 Å². The van der Waals surface area contributed by atoms with E-state index in [2.05, 4.69) is 32.2 Å². The van der Waals surface area contributed by atoms with Gasteiger partial charge in [-0.25, -0.2) is 0 Å². The van der Waals surface area contributed by atoms with Crippen molar-refractivity contribution >= 4 is 38.0 Å². The zero-order valence-electron chi connectivity index (χ0n) is 21.4. The van der Waals surface area contributed by atoms with Gasteiger partial charge >= 0.3 is 29.6 Å². The third-order valence-electron chi connectivity index (χ3n) is 6.06. The quantitative estimate of drug-likeness (QED) is 0.170. The zero-order valence-corrected chi connectivity index (χ0v) is 23.2. The van der Waals surface area contributed by atoms with Crippen molar-refractivity contribution in [3.05, 3.63) is 78.5 Å². The minimum atomic E-state index is -4.48. The minimum Gasteiger partial charge on any atom is -1.00 e. The SMILES string of the molecule is Nc1c(N=Nc2ccc(-c3cccc(CN4CCOCC4)c3)nc2)cc(S(=O)(=O)O)c2ccccc12.[H-].[Na+]. The Hall–Kier alpha value is -2.70. The molecule has 0 atom stereocenters. The van der Waals surface area contributed by atoms with E-state index in [9.17, 15) is 13.0 Å². The van der Waals surface area contributed by atoms with E-state index in [0.717, 1.165) is 44.1 Å². The number of anilines is 1. The van der Waals surface area contributed by atoms with Crippen molar-refractivity contribution in [3.8, 4) is 11.3 Å². The summed E-state index contributed by atoms with van der Waals surface area (Å²) in [4.78, 5) is 6.62. The molecule has 3 N–H and O–H groups in total. The Morgan fingerprint density at radius 3 is 2.46 bits per heavy atom. The molecule has 1 aliphatic heterocycles. The summed E-state index contributed by atoms with van der Waals surface area (Å²) < 4.78 is 38.9. The van der Waals surface area contributed by atoms with Crippen molar-refractivity contribution in [3.63, 3.8) is 0 Å². The normalized spacial score (nSPS) is 14.6. The van der Waals surface area contributed by atoms with Crippen LogP contribution in [0.4, 0.5) is 17.1 Å². The number of hydrogen-bond donors (Lipinski definition) is 2. The molecule has 1 saturated heterocycles. The summed E-state index contributed by atoms with van der Waals surface area (Å²) >= 11 is 0. The van der Waals surface area contributed by atoms with E-state index < -0.39 is 10.1 Å². The van der Waals surface area contributed by atoms with Gasteiger partial charge in [0.25, 0.3) is 10.1 Å². The summed E-state index contributed by atoms with van der Waals surface area (Å²) in [5, 5.41) is 9.12. The number of aromatic nitrogens is 1. The summed E-state index contributed by atoms with van der Waals surface area (Å²) in [5.41, 5.74) is 10.1. The molecule has 0 unspecified atom stereocenters. The molecule has 1 fully saturated rings. The van der Waals surface area contributed by atoms with Crippen LogP contribution in [-0.4, -0.2) is 49.2 Å². The first-order chi connectivity index (χ1) is 17.4. The average molecular weight is 528 g/mol. The molecule has 0 spiro atoms. The van der Waals surface area contributed by atoms with Crippen molar-refractivity contribution < 1.29 is 48.7 Å². The molecular formula is C26H26N5NaO4S. The molecule has 3 aromatic carbocycles. The van der Waals surface area contributed by atoms with E-state index in [0.29, 0.717) is 16.5 Å². The monoisotopic (exact) mass is 527 g/mol. The number of pyridine rings is 1. The Balaban J connectivity index is 0.00000200. The Kier molecular flexibility index (Phi) is 8.71. The standard InChI is InChI=1S/C26H25N5O4S.Na.H/c27-26-22-7-2-1-6-21(22)25(36(32,33)34)15-24(26)30-29-20-8-9-23(28-16-20)19-5-3-4-18(14-19)17-31-10-12-35-13-11-31;;/h1-9,14-16H,10-13,17,27H2,(H,32,33,34);;/q;+1;-1. The fraction of sp³-hybridized carbons (Fsp3) is 0.192. The van der Waals surface area contributed by atoms with Crippen LogP contribution < -0.4 is 35.3 Å². The van der Waals surface area contributed by atoms with E-state index in [1.165, 1.54) is 11.6 Å². The molecule has 186 valence electrons. The van der Waals surface area contributed by atoms with E-state index in [4.69, 9.17) is 10.5 Å². The fourth-order valence-corrected chi connectivity index (χ4v) is 4.94. The number of fused-ring (bicyclic) bond motifs is 1. The van der Waals surface area contributed by atoms with Crippen LogP contribution in [0.1, 0.15) is 6.99 Å². The van der Waals surface area contributed by atoms with Gasteiger partial charge in [0.1, 0.15) is 16.3 Å². The molecule has 0 aliphatic carbocycles. The van der Waals surface area contributed by atoms with E-state index >= 15 is 0 Å². The van der Waals surface area contributed by atoms with Gasteiger partial charge in [0.05, 0.1) is 30.8 Å². The first-order valence-corrected chi connectivity index (χ1v) is 12.9. The van der Waals surface area contributed by atoms with E-state index in [1.54, 1.807) is 36.5 Å².